The van der Waals surface area contributed by atoms with Gasteiger partial charge in [0.25, 0.3) is 0 Å². The highest BCUT2D eigenvalue weighted by Crippen LogP contribution is 2.21. The van der Waals surface area contributed by atoms with Crippen LogP contribution in [0.2, 0.25) is 0 Å². The van der Waals surface area contributed by atoms with Crippen LogP contribution in [-0.2, 0) is 12.8 Å². The minimum Gasteiger partial charge on any atom is -0.491 e. The lowest BCUT2D eigenvalue weighted by molar-refractivity contribution is 0.0993. The number of aryl methyl sites for hydroxylation is 1. The SMILES string of the molecule is CCc1ccc(CC(=O)c2cccc(OC(C)C)c2)s1. The third-order valence-corrected chi connectivity index (χ3v) is 4.16. The number of hydrogen-bond donors (Lipinski definition) is 0. The molecule has 2 aromatic rings. The molecule has 0 aliphatic carbocycles. The summed E-state index contributed by atoms with van der Waals surface area (Å²) in [4.78, 5) is 14.8. The molecule has 0 N–H and O–H groups in total. The average Bonchev–Trinajstić information content (AvgIpc) is 2.86. The lowest BCUT2D eigenvalue weighted by atomic mass is 10.1. The zero-order chi connectivity index (χ0) is 14.5. The van der Waals surface area contributed by atoms with Crippen LogP contribution in [0.1, 0.15) is 40.9 Å². The van der Waals surface area contributed by atoms with E-state index in [-0.39, 0.29) is 11.9 Å². The number of benzene rings is 1. The second kappa shape index (κ2) is 6.71. The molecule has 20 heavy (non-hydrogen) atoms. The Bertz CT molecular complexity index is 584. The summed E-state index contributed by atoms with van der Waals surface area (Å²) in [6.45, 7) is 6.09. The van der Waals surface area contributed by atoms with E-state index in [2.05, 4.69) is 19.1 Å². The molecule has 3 heteroatoms. The number of carbonyl (C=O) groups is 1. The van der Waals surface area contributed by atoms with Crippen molar-refractivity contribution >= 4 is 17.1 Å². The molecule has 106 valence electrons. The predicted octanol–water partition coefficient (Wildman–Crippen LogP) is 4.52. The van der Waals surface area contributed by atoms with Crippen LogP contribution in [0.15, 0.2) is 36.4 Å². The maximum absolute atomic E-state index is 12.3. The third-order valence-electron chi connectivity index (χ3n) is 2.93. The molecule has 0 unspecified atom stereocenters. The molecule has 1 heterocycles. The minimum absolute atomic E-state index is 0.116. The molecule has 2 nitrogen and oxygen atoms in total. The summed E-state index contributed by atoms with van der Waals surface area (Å²) < 4.78 is 5.63. The number of thiophene rings is 1. The second-order valence-electron chi connectivity index (χ2n) is 5.02. The smallest absolute Gasteiger partial charge is 0.168 e. The zero-order valence-corrected chi connectivity index (χ0v) is 13.0. The van der Waals surface area contributed by atoms with Crippen LogP contribution in [0.3, 0.4) is 0 Å². The average molecular weight is 288 g/mol. The van der Waals surface area contributed by atoms with Crippen molar-refractivity contribution in [2.75, 3.05) is 0 Å². The van der Waals surface area contributed by atoms with Crippen LogP contribution in [0, 0.1) is 0 Å². The quantitative estimate of drug-likeness (QED) is 0.730. The van der Waals surface area contributed by atoms with E-state index in [1.54, 1.807) is 11.3 Å². The summed E-state index contributed by atoms with van der Waals surface area (Å²) >= 11 is 1.72. The van der Waals surface area contributed by atoms with Crippen LogP contribution in [0.4, 0.5) is 0 Å². The van der Waals surface area contributed by atoms with Gasteiger partial charge in [0.1, 0.15) is 5.75 Å². The van der Waals surface area contributed by atoms with E-state index in [4.69, 9.17) is 4.74 Å². The minimum atomic E-state index is 0.116. The van der Waals surface area contributed by atoms with Gasteiger partial charge >= 0.3 is 0 Å². The van der Waals surface area contributed by atoms with Gasteiger partial charge in [-0.3, -0.25) is 4.79 Å². The number of rotatable bonds is 6. The first-order valence-electron chi connectivity index (χ1n) is 6.96. The Morgan fingerprint density at radius 1 is 1.20 bits per heavy atom. The van der Waals surface area contributed by atoms with Crippen molar-refractivity contribution in [2.45, 2.75) is 39.7 Å². The molecule has 0 saturated heterocycles. The van der Waals surface area contributed by atoms with E-state index in [9.17, 15) is 4.79 Å². The molecule has 0 bridgehead atoms. The Morgan fingerprint density at radius 3 is 2.60 bits per heavy atom. The van der Waals surface area contributed by atoms with E-state index < -0.39 is 0 Å². The first kappa shape index (κ1) is 14.8. The lowest BCUT2D eigenvalue weighted by Crippen LogP contribution is -2.07. The van der Waals surface area contributed by atoms with E-state index in [1.165, 1.54) is 4.88 Å². The topological polar surface area (TPSA) is 26.3 Å². The maximum Gasteiger partial charge on any atom is 0.168 e. The zero-order valence-electron chi connectivity index (χ0n) is 12.2. The predicted molar refractivity (Wildman–Crippen MR) is 83.9 cm³/mol. The summed E-state index contributed by atoms with van der Waals surface area (Å²) in [5.41, 5.74) is 0.717. The summed E-state index contributed by atoms with van der Waals surface area (Å²) in [7, 11) is 0. The van der Waals surface area contributed by atoms with E-state index in [0.29, 0.717) is 6.42 Å². The fraction of sp³-hybridized carbons (Fsp3) is 0.353. The van der Waals surface area contributed by atoms with Gasteiger partial charge in [-0.15, -0.1) is 11.3 Å². The van der Waals surface area contributed by atoms with E-state index in [0.717, 1.165) is 22.6 Å². The largest absolute Gasteiger partial charge is 0.491 e. The van der Waals surface area contributed by atoms with Crippen molar-refractivity contribution in [3.05, 3.63) is 51.7 Å². The first-order valence-corrected chi connectivity index (χ1v) is 7.77. The number of ether oxygens (including phenoxy) is 1. The molecular weight excluding hydrogens is 268 g/mol. The van der Waals surface area contributed by atoms with Crippen molar-refractivity contribution < 1.29 is 9.53 Å². The highest BCUT2D eigenvalue weighted by Gasteiger charge is 2.10. The number of ketones is 1. The van der Waals surface area contributed by atoms with Gasteiger partial charge in [0, 0.05) is 21.7 Å². The normalized spacial score (nSPS) is 10.8. The molecule has 0 fully saturated rings. The van der Waals surface area contributed by atoms with Crippen LogP contribution in [0.25, 0.3) is 0 Å². The van der Waals surface area contributed by atoms with Crippen molar-refractivity contribution in [3.63, 3.8) is 0 Å². The summed E-state index contributed by atoms with van der Waals surface area (Å²) in [5, 5.41) is 0. The highest BCUT2D eigenvalue weighted by molar-refractivity contribution is 7.12. The Balaban J connectivity index is 2.08. The fourth-order valence-electron chi connectivity index (χ4n) is 1.98. The molecule has 0 amide bonds. The molecule has 1 aromatic heterocycles. The number of carbonyl (C=O) groups excluding carboxylic acids is 1. The molecule has 0 saturated carbocycles. The van der Waals surface area contributed by atoms with Gasteiger partial charge in [0.05, 0.1) is 6.10 Å². The van der Waals surface area contributed by atoms with Crippen molar-refractivity contribution in [2.24, 2.45) is 0 Å². The number of hydrogen-bond acceptors (Lipinski definition) is 3. The van der Waals surface area contributed by atoms with Crippen LogP contribution in [0.5, 0.6) is 5.75 Å². The van der Waals surface area contributed by atoms with Crippen LogP contribution < -0.4 is 4.74 Å². The van der Waals surface area contributed by atoms with E-state index >= 15 is 0 Å². The highest BCUT2D eigenvalue weighted by atomic mass is 32.1. The summed E-state index contributed by atoms with van der Waals surface area (Å²) in [6.07, 6.45) is 1.61. The van der Waals surface area contributed by atoms with Gasteiger partial charge in [-0.2, -0.15) is 0 Å². The third kappa shape index (κ3) is 3.94. The van der Waals surface area contributed by atoms with Crippen molar-refractivity contribution in [1.29, 1.82) is 0 Å². The Kier molecular flexibility index (Phi) is 4.96. The molecule has 0 radical (unpaired) electrons. The fourth-order valence-corrected chi connectivity index (χ4v) is 2.94. The van der Waals surface area contributed by atoms with Gasteiger partial charge in [0.15, 0.2) is 5.78 Å². The molecule has 2 rings (SSSR count). The van der Waals surface area contributed by atoms with Crippen LogP contribution >= 0.6 is 11.3 Å². The summed E-state index contributed by atoms with van der Waals surface area (Å²) in [5.74, 6) is 0.898. The Morgan fingerprint density at radius 2 is 1.95 bits per heavy atom. The van der Waals surface area contributed by atoms with Gasteiger partial charge in [0.2, 0.25) is 0 Å². The second-order valence-corrected chi connectivity index (χ2v) is 6.27. The van der Waals surface area contributed by atoms with Gasteiger partial charge in [-0.1, -0.05) is 19.1 Å². The Hall–Kier alpha value is -1.61. The van der Waals surface area contributed by atoms with Crippen LogP contribution in [-0.4, -0.2) is 11.9 Å². The van der Waals surface area contributed by atoms with Gasteiger partial charge in [-0.25, -0.2) is 0 Å². The molecule has 0 aliphatic rings. The molecule has 0 atom stereocenters. The molecule has 1 aromatic carbocycles. The standard InChI is InChI=1S/C17H20O2S/c1-4-15-8-9-16(20-15)11-17(18)13-6-5-7-14(10-13)19-12(2)3/h5-10,12H,4,11H2,1-3H3. The Labute approximate surface area is 124 Å². The van der Waals surface area contributed by atoms with E-state index in [1.807, 2.05) is 38.1 Å². The molecule has 0 aliphatic heterocycles. The lowest BCUT2D eigenvalue weighted by Gasteiger charge is -2.10. The van der Waals surface area contributed by atoms with Crippen molar-refractivity contribution in [1.82, 2.24) is 0 Å². The molecule has 0 spiro atoms. The summed E-state index contributed by atoms with van der Waals surface area (Å²) in [6, 6.07) is 11.6. The molecular formula is C17H20O2S. The maximum atomic E-state index is 12.3. The number of Topliss-reactive ketones (excluding diaryl/α,β-unsaturated/α-hetero) is 1. The van der Waals surface area contributed by atoms with Gasteiger partial charge < -0.3 is 4.74 Å². The van der Waals surface area contributed by atoms with Crippen molar-refractivity contribution in [3.8, 4) is 5.75 Å². The van der Waals surface area contributed by atoms with Gasteiger partial charge in [-0.05, 0) is 44.5 Å². The first-order chi connectivity index (χ1) is 9.58. The monoisotopic (exact) mass is 288 g/mol.